The number of halogens is 2. The van der Waals surface area contributed by atoms with E-state index in [2.05, 4.69) is 15.7 Å². The normalized spacial score (nSPS) is 10.5. The number of hydrogen-bond acceptors (Lipinski definition) is 4. The number of methoxy groups -OCH3 is 2. The van der Waals surface area contributed by atoms with Gasteiger partial charge in [0, 0.05) is 23.1 Å². The number of benzene rings is 3. The molecule has 0 aliphatic rings. The van der Waals surface area contributed by atoms with E-state index < -0.39 is 6.03 Å². The summed E-state index contributed by atoms with van der Waals surface area (Å²) in [5.41, 5.74) is 3.71. The monoisotopic (exact) mass is 482 g/mol. The Morgan fingerprint density at radius 1 is 0.818 bits per heavy atom. The van der Waals surface area contributed by atoms with Crippen LogP contribution in [-0.2, 0) is 0 Å². The summed E-state index contributed by atoms with van der Waals surface area (Å²) in [6.07, 6.45) is 1.87. The van der Waals surface area contributed by atoms with Gasteiger partial charge in [0.05, 0.1) is 35.6 Å². The van der Waals surface area contributed by atoms with Crippen molar-refractivity contribution in [3.05, 3.63) is 83.0 Å². The first-order chi connectivity index (χ1) is 16.0. The van der Waals surface area contributed by atoms with Crippen molar-refractivity contribution in [2.24, 2.45) is 0 Å². The van der Waals surface area contributed by atoms with Crippen molar-refractivity contribution < 1.29 is 14.3 Å². The third-order valence-electron chi connectivity index (χ3n) is 4.84. The van der Waals surface area contributed by atoms with Gasteiger partial charge in [-0.3, -0.25) is 0 Å². The van der Waals surface area contributed by atoms with Crippen LogP contribution in [0, 0.1) is 0 Å². The first-order valence-electron chi connectivity index (χ1n) is 9.88. The van der Waals surface area contributed by atoms with Crippen LogP contribution in [0.1, 0.15) is 0 Å². The Kier molecular flexibility index (Phi) is 6.72. The van der Waals surface area contributed by atoms with Crippen LogP contribution < -0.4 is 20.1 Å². The lowest BCUT2D eigenvalue weighted by molar-refractivity contribution is 0.262. The summed E-state index contributed by atoms with van der Waals surface area (Å²) in [5.74, 6) is 1.30. The lowest BCUT2D eigenvalue weighted by Crippen LogP contribution is -2.19. The molecule has 0 fully saturated rings. The SMILES string of the molecule is COc1ccc(-c2ccn(-c3ccc(NC(=O)Nc4ccc(Cl)c(Cl)c4)cc3)n2)cc1OC. The molecule has 4 rings (SSSR count). The molecule has 33 heavy (non-hydrogen) atoms. The Balaban J connectivity index is 1.44. The molecule has 7 nitrogen and oxygen atoms in total. The summed E-state index contributed by atoms with van der Waals surface area (Å²) < 4.78 is 12.4. The second-order valence-electron chi connectivity index (χ2n) is 6.97. The van der Waals surface area contributed by atoms with Gasteiger partial charge in [-0.2, -0.15) is 5.10 Å². The maximum absolute atomic E-state index is 12.3. The number of nitrogens with one attached hydrogen (secondary N) is 2. The van der Waals surface area contributed by atoms with E-state index in [1.807, 2.05) is 42.6 Å². The van der Waals surface area contributed by atoms with Crippen LogP contribution >= 0.6 is 23.2 Å². The van der Waals surface area contributed by atoms with Crippen molar-refractivity contribution in [1.82, 2.24) is 9.78 Å². The summed E-state index contributed by atoms with van der Waals surface area (Å²) in [6, 6.07) is 19.4. The van der Waals surface area contributed by atoms with Crippen LogP contribution in [-0.4, -0.2) is 30.0 Å². The van der Waals surface area contributed by atoms with Gasteiger partial charge in [-0.25, -0.2) is 9.48 Å². The zero-order valence-corrected chi connectivity index (χ0v) is 19.3. The summed E-state index contributed by atoms with van der Waals surface area (Å²) >= 11 is 11.9. The van der Waals surface area contributed by atoms with Gasteiger partial charge in [0.2, 0.25) is 0 Å². The summed E-state index contributed by atoms with van der Waals surface area (Å²) in [5, 5.41) is 10.9. The Hall–Kier alpha value is -3.68. The lowest BCUT2D eigenvalue weighted by atomic mass is 10.1. The molecule has 0 unspecified atom stereocenters. The molecular formula is C24H20Cl2N4O3. The highest BCUT2D eigenvalue weighted by Gasteiger charge is 2.10. The molecule has 1 heterocycles. The lowest BCUT2D eigenvalue weighted by Gasteiger charge is -2.09. The Morgan fingerprint density at radius 2 is 1.52 bits per heavy atom. The highest BCUT2D eigenvalue weighted by molar-refractivity contribution is 6.42. The first kappa shape index (κ1) is 22.5. The van der Waals surface area contributed by atoms with Crippen LogP contribution in [0.3, 0.4) is 0 Å². The van der Waals surface area contributed by atoms with Gasteiger partial charge in [-0.15, -0.1) is 0 Å². The second kappa shape index (κ2) is 9.85. The minimum absolute atomic E-state index is 0.366. The molecule has 0 aliphatic carbocycles. The van der Waals surface area contributed by atoms with Crippen molar-refractivity contribution in [1.29, 1.82) is 0 Å². The molecule has 2 N–H and O–H groups in total. The first-order valence-corrected chi connectivity index (χ1v) is 10.6. The summed E-state index contributed by atoms with van der Waals surface area (Å²) in [7, 11) is 3.20. The number of ether oxygens (including phenoxy) is 2. The number of nitrogens with zero attached hydrogens (tertiary/aromatic N) is 2. The average molecular weight is 483 g/mol. The molecule has 0 spiro atoms. The Morgan fingerprint density at radius 3 is 2.21 bits per heavy atom. The fourth-order valence-electron chi connectivity index (χ4n) is 3.18. The molecule has 0 radical (unpaired) electrons. The molecule has 0 saturated heterocycles. The number of rotatable bonds is 6. The quantitative estimate of drug-likeness (QED) is 0.328. The minimum atomic E-state index is -0.393. The molecule has 0 saturated carbocycles. The van der Waals surface area contributed by atoms with Crippen molar-refractivity contribution in [2.75, 3.05) is 24.9 Å². The summed E-state index contributed by atoms with van der Waals surface area (Å²) in [6.45, 7) is 0. The zero-order chi connectivity index (χ0) is 23.4. The highest BCUT2D eigenvalue weighted by Crippen LogP contribution is 2.32. The fourth-order valence-corrected chi connectivity index (χ4v) is 3.48. The van der Waals surface area contributed by atoms with E-state index in [0.29, 0.717) is 32.9 Å². The molecule has 1 aromatic heterocycles. The number of hydrogen-bond donors (Lipinski definition) is 2. The van der Waals surface area contributed by atoms with E-state index in [1.165, 1.54) is 0 Å². The van der Waals surface area contributed by atoms with E-state index in [1.54, 1.807) is 49.2 Å². The van der Waals surface area contributed by atoms with Crippen LogP contribution in [0.5, 0.6) is 11.5 Å². The third-order valence-corrected chi connectivity index (χ3v) is 5.57. The van der Waals surface area contributed by atoms with Gasteiger partial charge < -0.3 is 20.1 Å². The molecule has 168 valence electrons. The second-order valence-corrected chi connectivity index (χ2v) is 7.78. The van der Waals surface area contributed by atoms with E-state index >= 15 is 0 Å². The Labute approximate surface area is 200 Å². The van der Waals surface area contributed by atoms with Gasteiger partial charge in [-0.1, -0.05) is 23.2 Å². The van der Waals surface area contributed by atoms with Gasteiger partial charge in [0.25, 0.3) is 0 Å². The van der Waals surface area contributed by atoms with Crippen LogP contribution in [0.25, 0.3) is 16.9 Å². The van der Waals surface area contributed by atoms with Gasteiger partial charge in [-0.05, 0) is 66.7 Å². The molecule has 2 amide bonds. The van der Waals surface area contributed by atoms with E-state index in [0.717, 1.165) is 16.9 Å². The highest BCUT2D eigenvalue weighted by atomic mass is 35.5. The van der Waals surface area contributed by atoms with Crippen molar-refractivity contribution in [3.63, 3.8) is 0 Å². The number of urea groups is 1. The third kappa shape index (κ3) is 5.22. The molecule has 3 aromatic carbocycles. The molecular weight excluding hydrogens is 463 g/mol. The average Bonchev–Trinajstić information content (AvgIpc) is 3.32. The van der Waals surface area contributed by atoms with Crippen LogP contribution in [0.15, 0.2) is 72.9 Å². The van der Waals surface area contributed by atoms with E-state index in [-0.39, 0.29) is 0 Å². The molecule has 4 aromatic rings. The van der Waals surface area contributed by atoms with Crippen molar-refractivity contribution >= 4 is 40.6 Å². The molecule has 9 heteroatoms. The van der Waals surface area contributed by atoms with E-state index in [4.69, 9.17) is 32.7 Å². The Bertz CT molecular complexity index is 1290. The topological polar surface area (TPSA) is 77.4 Å². The van der Waals surface area contributed by atoms with Gasteiger partial charge in [0.1, 0.15) is 0 Å². The fraction of sp³-hybridized carbons (Fsp3) is 0.0833. The van der Waals surface area contributed by atoms with Crippen LogP contribution in [0.2, 0.25) is 10.0 Å². The molecule has 0 atom stereocenters. The van der Waals surface area contributed by atoms with Gasteiger partial charge >= 0.3 is 6.03 Å². The minimum Gasteiger partial charge on any atom is -0.493 e. The number of amides is 2. The van der Waals surface area contributed by atoms with Crippen molar-refractivity contribution in [2.45, 2.75) is 0 Å². The maximum Gasteiger partial charge on any atom is 0.323 e. The molecule has 0 aliphatic heterocycles. The zero-order valence-electron chi connectivity index (χ0n) is 17.8. The predicted octanol–water partition coefficient (Wildman–Crippen LogP) is 6.51. The maximum atomic E-state index is 12.3. The number of anilines is 2. The largest absolute Gasteiger partial charge is 0.493 e. The number of carbonyl (C=O) groups excluding carboxylic acids is 1. The standard InChI is InChI=1S/C24H20Cl2N4O3/c1-32-22-10-3-15(13-23(22)33-2)21-11-12-30(29-21)18-7-4-16(5-8-18)27-24(31)28-17-6-9-19(25)20(26)14-17/h3-14H,1-2H3,(H2,27,28,31). The smallest absolute Gasteiger partial charge is 0.323 e. The summed E-state index contributed by atoms with van der Waals surface area (Å²) in [4.78, 5) is 12.3. The number of carbonyl (C=O) groups is 1. The van der Waals surface area contributed by atoms with Crippen LogP contribution in [0.4, 0.5) is 16.2 Å². The number of aromatic nitrogens is 2. The van der Waals surface area contributed by atoms with Gasteiger partial charge in [0.15, 0.2) is 11.5 Å². The predicted molar refractivity (Wildman–Crippen MR) is 131 cm³/mol. The van der Waals surface area contributed by atoms with E-state index in [9.17, 15) is 4.79 Å². The van der Waals surface area contributed by atoms with Crippen molar-refractivity contribution in [3.8, 4) is 28.4 Å². The molecule has 0 bridgehead atoms.